The van der Waals surface area contributed by atoms with Gasteiger partial charge in [0.2, 0.25) is 5.91 Å². The van der Waals surface area contributed by atoms with Crippen LogP contribution >= 0.6 is 11.6 Å². The molecule has 166 valence electrons. The number of carbonyl (C=O) groups excluding carboxylic acids is 2. The van der Waals surface area contributed by atoms with Gasteiger partial charge in [0.05, 0.1) is 0 Å². The van der Waals surface area contributed by atoms with Crippen molar-refractivity contribution in [3.05, 3.63) is 65.2 Å². The summed E-state index contributed by atoms with van der Waals surface area (Å²) in [6, 6.07) is 16.2. The zero-order chi connectivity index (χ0) is 22.1. The Bertz CT molecular complexity index is 836. The Balaban J connectivity index is 1.73. The second-order valence-electron chi connectivity index (χ2n) is 8.02. The molecule has 0 bridgehead atoms. The van der Waals surface area contributed by atoms with E-state index < -0.39 is 6.04 Å². The Morgan fingerprint density at radius 1 is 1.06 bits per heavy atom. The van der Waals surface area contributed by atoms with E-state index in [-0.39, 0.29) is 24.5 Å². The number of para-hydroxylation sites is 1. The molecule has 1 fully saturated rings. The van der Waals surface area contributed by atoms with Gasteiger partial charge >= 0.3 is 0 Å². The molecule has 0 saturated heterocycles. The van der Waals surface area contributed by atoms with Crippen LogP contribution in [0.5, 0.6) is 5.75 Å². The number of nitrogens with one attached hydrogen (secondary N) is 1. The van der Waals surface area contributed by atoms with Gasteiger partial charge in [-0.05, 0) is 49.1 Å². The Kier molecular flexibility index (Phi) is 8.77. The van der Waals surface area contributed by atoms with Gasteiger partial charge in [0.15, 0.2) is 6.61 Å². The molecule has 0 spiro atoms. The fourth-order valence-corrected chi connectivity index (χ4v) is 4.12. The number of halogens is 1. The Labute approximate surface area is 189 Å². The molecule has 6 heteroatoms. The quantitative estimate of drug-likeness (QED) is 0.596. The Morgan fingerprint density at radius 2 is 1.74 bits per heavy atom. The molecule has 0 radical (unpaired) electrons. The van der Waals surface area contributed by atoms with Crippen molar-refractivity contribution in [1.82, 2.24) is 10.2 Å². The van der Waals surface area contributed by atoms with Crippen LogP contribution in [0.4, 0.5) is 0 Å². The van der Waals surface area contributed by atoms with E-state index in [1.54, 1.807) is 17.0 Å². The van der Waals surface area contributed by atoms with E-state index in [0.29, 0.717) is 23.7 Å². The number of nitrogens with zero attached hydrogens (tertiary/aromatic N) is 1. The molecular formula is C25H31ClN2O3. The lowest BCUT2D eigenvalue weighted by atomic mass is 9.95. The highest BCUT2D eigenvalue weighted by molar-refractivity contribution is 6.30. The molecule has 5 nitrogen and oxygen atoms in total. The topological polar surface area (TPSA) is 58.6 Å². The molecule has 2 aromatic carbocycles. The molecule has 1 atom stereocenters. The van der Waals surface area contributed by atoms with Crippen LogP contribution in [0.15, 0.2) is 54.6 Å². The van der Waals surface area contributed by atoms with Crippen molar-refractivity contribution in [2.24, 2.45) is 0 Å². The minimum atomic E-state index is -0.551. The molecule has 0 aromatic heterocycles. The highest BCUT2D eigenvalue weighted by atomic mass is 35.5. The van der Waals surface area contributed by atoms with Crippen molar-refractivity contribution in [1.29, 1.82) is 0 Å². The summed E-state index contributed by atoms with van der Waals surface area (Å²) in [4.78, 5) is 27.9. The Morgan fingerprint density at radius 3 is 2.39 bits per heavy atom. The summed E-state index contributed by atoms with van der Waals surface area (Å²) >= 11 is 6.01. The molecule has 2 amide bonds. The minimum absolute atomic E-state index is 0.0866. The van der Waals surface area contributed by atoms with Gasteiger partial charge in [-0.3, -0.25) is 9.59 Å². The lowest BCUT2D eigenvalue weighted by Crippen LogP contribution is -2.52. The highest BCUT2D eigenvalue weighted by Gasteiger charge is 2.30. The molecule has 3 rings (SSSR count). The third-order valence-corrected chi connectivity index (χ3v) is 5.96. The zero-order valence-corrected chi connectivity index (χ0v) is 18.8. The maximum Gasteiger partial charge on any atom is 0.261 e. The summed E-state index contributed by atoms with van der Waals surface area (Å²) < 4.78 is 5.69. The molecule has 31 heavy (non-hydrogen) atoms. The van der Waals surface area contributed by atoms with E-state index in [0.717, 1.165) is 31.2 Å². The summed E-state index contributed by atoms with van der Waals surface area (Å²) in [6.45, 7) is 2.14. The number of hydrogen-bond donors (Lipinski definition) is 1. The Hall–Kier alpha value is -2.53. The van der Waals surface area contributed by atoms with Gasteiger partial charge in [-0.1, -0.05) is 68.1 Å². The van der Waals surface area contributed by atoms with Gasteiger partial charge in [0, 0.05) is 17.6 Å². The average molecular weight is 443 g/mol. The summed E-state index contributed by atoms with van der Waals surface area (Å²) in [6.07, 6.45) is 6.04. The van der Waals surface area contributed by atoms with Crippen molar-refractivity contribution in [3.63, 3.8) is 0 Å². The summed E-state index contributed by atoms with van der Waals surface area (Å²) in [5, 5.41) is 3.81. The predicted octanol–water partition coefficient (Wildman–Crippen LogP) is 4.98. The lowest BCUT2D eigenvalue weighted by Gasteiger charge is -2.32. The third kappa shape index (κ3) is 7.00. The first-order valence-corrected chi connectivity index (χ1v) is 11.5. The lowest BCUT2D eigenvalue weighted by molar-refractivity contribution is -0.143. The van der Waals surface area contributed by atoms with Gasteiger partial charge in [-0.2, -0.15) is 0 Å². The van der Waals surface area contributed by atoms with Crippen LogP contribution in [0.1, 0.15) is 51.0 Å². The molecule has 2 aromatic rings. The monoisotopic (exact) mass is 442 g/mol. The van der Waals surface area contributed by atoms with E-state index in [1.807, 2.05) is 49.4 Å². The average Bonchev–Trinajstić information content (AvgIpc) is 2.80. The van der Waals surface area contributed by atoms with Crippen molar-refractivity contribution in [3.8, 4) is 5.75 Å². The molecule has 1 aliphatic rings. The van der Waals surface area contributed by atoms with Crippen LogP contribution in [-0.4, -0.2) is 35.4 Å². The predicted molar refractivity (Wildman–Crippen MR) is 123 cm³/mol. The number of benzene rings is 2. The third-order valence-electron chi connectivity index (χ3n) is 5.71. The fourth-order valence-electron chi connectivity index (χ4n) is 4.00. The molecule has 0 aliphatic heterocycles. The van der Waals surface area contributed by atoms with E-state index in [1.165, 1.54) is 6.42 Å². The van der Waals surface area contributed by atoms with Crippen molar-refractivity contribution < 1.29 is 14.3 Å². The van der Waals surface area contributed by atoms with E-state index in [4.69, 9.17) is 16.3 Å². The van der Waals surface area contributed by atoms with Crippen LogP contribution < -0.4 is 10.1 Å². The number of carbonyl (C=O) groups is 2. The van der Waals surface area contributed by atoms with Gasteiger partial charge in [-0.25, -0.2) is 0 Å². The normalized spacial score (nSPS) is 15.2. The van der Waals surface area contributed by atoms with Gasteiger partial charge < -0.3 is 15.0 Å². The summed E-state index contributed by atoms with van der Waals surface area (Å²) in [5.74, 6) is 0.322. The fraction of sp³-hybridized carbons (Fsp3) is 0.440. The summed E-state index contributed by atoms with van der Waals surface area (Å²) in [5.41, 5.74) is 0.918. The molecule has 1 saturated carbocycles. The standard InChI is InChI=1S/C25H31ClN2O3/c1-2-23(25(30)27-21-9-5-3-6-10-21)28(17-19-13-15-20(26)16-14-19)24(29)18-31-22-11-7-4-8-12-22/h4,7-8,11-16,21,23H,2-3,5-6,9-10,17-18H2,1H3,(H,27,30). The van der Waals surface area contributed by atoms with E-state index >= 15 is 0 Å². The molecule has 0 heterocycles. The molecule has 1 aliphatic carbocycles. The van der Waals surface area contributed by atoms with Crippen molar-refractivity contribution in [2.75, 3.05) is 6.61 Å². The van der Waals surface area contributed by atoms with Gasteiger partial charge in [-0.15, -0.1) is 0 Å². The SMILES string of the molecule is CCC(C(=O)NC1CCCCC1)N(Cc1ccc(Cl)cc1)C(=O)COc1ccccc1. The van der Waals surface area contributed by atoms with Crippen molar-refractivity contribution >= 4 is 23.4 Å². The second kappa shape index (κ2) is 11.8. The number of ether oxygens (including phenoxy) is 1. The van der Waals surface area contributed by atoms with Gasteiger partial charge in [0.1, 0.15) is 11.8 Å². The highest BCUT2D eigenvalue weighted by Crippen LogP contribution is 2.20. The maximum absolute atomic E-state index is 13.2. The van der Waals surface area contributed by atoms with Crippen LogP contribution in [0.25, 0.3) is 0 Å². The maximum atomic E-state index is 13.2. The number of hydrogen-bond acceptors (Lipinski definition) is 3. The molecular weight excluding hydrogens is 412 g/mol. The largest absolute Gasteiger partial charge is 0.484 e. The zero-order valence-electron chi connectivity index (χ0n) is 18.1. The second-order valence-corrected chi connectivity index (χ2v) is 8.45. The smallest absolute Gasteiger partial charge is 0.261 e. The first-order valence-electron chi connectivity index (χ1n) is 11.1. The van der Waals surface area contributed by atoms with Crippen molar-refractivity contribution in [2.45, 2.75) is 64.1 Å². The van der Waals surface area contributed by atoms with Crippen LogP contribution in [-0.2, 0) is 16.1 Å². The minimum Gasteiger partial charge on any atom is -0.484 e. The number of amides is 2. The van der Waals surface area contributed by atoms with Crippen LogP contribution in [0.2, 0.25) is 5.02 Å². The van der Waals surface area contributed by atoms with Crippen LogP contribution in [0.3, 0.4) is 0 Å². The molecule has 1 N–H and O–H groups in total. The molecule has 1 unspecified atom stereocenters. The van der Waals surface area contributed by atoms with Crippen LogP contribution in [0, 0.1) is 0 Å². The number of rotatable bonds is 9. The first-order chi connectivity index (χ1) is 15.1. The first kappa shape index (κ1) is 23.1. The van der Waals surface area contributed by atoms with E-state index in [2.05, 4.69) is 5.32 Å². The van der Waals surface area contributed by atoms with Gasteiger partial charge in [0.25, 0.3) is 5.91 Å². The summed E-state index contributed by atoms with van der Waals surface area (Å²) in [7, 11) is 0. The van der Waals surface area contributed by atoms with E-state index in [9.17, 15) is 9.59 Å².